The van der Waals surface area contributed by atoms with Gasteiger partial charge in [0.1, 0.15) is 48.3 Å². The normalized spacial score (nSPS) is 11.6. The highest BCUT2D eigenvalue weighted by atomic mass is 16.3. The third-order valence-electron chi connectivity index (χ3n) is 11.1. The molecule has 0 saturated heterocycles. The van der Waals surface area contributed by atoms with Crippen LogP contribution in [0, 0.1) is 0 Å². The summed E-state index contributed by atoms with van der Waals surface area (Å²) in [6, 6.07) is 56.7. The molecule has 0 spiro atoms. The van der Waals surface area contributed by atoms with Gasteiger partial charge in [0.2, 0.25) is 0 Å². The van der Waals surface area contributed by atoms with Gasteiger partial charge in [-0.15, -0.1) is 10.9 Å². The molecule has 0 atom stereocenters. The number of para-hydroxylation sites is 1. The maximum Gasteiger partial charge on any atom is 0.136 e. The number of phenols is 1. The summed E-state index contributed by atoms with van der Waals surface area (Å²) in [7, 11) is 25.5. The van der Waals surface area contributed by atoms with Crippen LogP contribution in [0.25, 0.3) is 99.1 Å². The summed E-state index contributed by atoms with van der Waals surface area (Å²) in [6.45, 7) is 0. The van der Waals surface area contributed by atoms with Gasteiger partial charge in [0, 0.05) is 27.5 Å². The zero-order valence-corrected chi connectivity index (χ0v) is 30.3. The van der Waals surface area contributed by atoms with Crippen molar-refractivity contribution in [3.63, 3.8) is 0 Å². The molecular formula is C50H28B4O2. The third-order valence-corrected chi connectivity index (χ3v) is 11.1. The Morgan fingerprint density at radius 3 is 1.54 bits per heavy atom. The predicted octanol–water partition coefficient (Wildman–Crippen LogP) is 9.11. The SMILES string of the molecule is [B]c1c([B])c([B])c(-c2c3ccccc3c(-c3cccc(-c4c(-c5ccccc5-c5ccccc5)ccc5oc6ccccc6c45)c3)c3ccccc23)c(O)c1[B]. The smallest absolute Gasteiger partial charge is 0.136 e. The summed E-state index contributed by atoms with van der Waals surface area (Å²) < 4.78 is 6.49. The van der Waals surface area contributed by atoms with Gasteiger partial charge >= 0.3 is 0 Å². The highest BCUT2D eigenvalue weighted by Gasteiger charge is 2.24. The van der Waals surface area contributed by atoms with Crippen LogP contribution in [0.15, 0.2) is 168 Å². The lowest BCUT2D eigenvalue weighted by Crippen LogP contribution is -2.48. The van der Waals surface area contributed by atoms with E-state index in [0.29, 0.717) is 5.56 Å². The third kappa shape index (κ3) is 5.17. The summed E-state index contributed by atoms with van der Waals surface area (Å²) in [4.78, 5) is 0. The lowest BCUT2D eigenvalue weighted by molar-refractivity contribution is 0.482. The Kier molecular flexibility index (Phi) is 8.04. The molecule has 9 aromatic carbocycles. The monoisotopic (exact) mass is 704 g/mol. The van der Waals surface area contributed by atoms with Crippen molar-refractivity contribution in [3.8, 4) is 61.4 Å². The molecule has 6 heteroatoms. The minimum Gasteiger partial charge on any atom is -0.508 e. The zero-order chi connectivity index (χ0) is 38.1. The number of fused-ring (bicyclic) bond motifs is 5. The van der Waals surface area contributed by atoms with E-state index in [1.54, 1.807) is 0 Å². The molecular weight excluding hydrogens is 676 g/mol. The lowest BCUT2D eigenvalue weighted by atomic mass is 9.63. The first-order valence-corrected chi connectivity index (χ1v) is 18.5. The van der Waals surface area contributed by atoms with Crippen molar-refractivity contribution in [2.24, 2.45) is 0 Å². The molecule has 0 saturated carbocycles. The van der Waals surface area contributed by atoms with Crippen molar-refractivity contribution in [2.45, 2.75) is 0 Å². The highest BCUT2D eigenvalue weighted by molar-refractivity contribution is 6.64. The van der Waals surface area contributed by atoms with Crippen LogP contribution in [0.4, 0.5) is 0 Å². The summed E-state index contributed by atoms with van der Waals surface area (Å²) in [5.74, 6) is -0.192. The van der Waals surface area contributed by atoms with E-state index in [0.717, 1.165) is 93.6 Å². The van der Waals surface area contributed by atoms with Gasteiger partial charge < -0.3 is 9.52 Å². The van der Waals surface area contributed by atoms with Gasteiger partial charge in [-0.25, -0.2) is 0 Å². The quantitative estimate of drug-likeness (QED) is 0.143. The maximum absolute atomic E-state index is 11.5. The topological polar surface area (TPSA) is 33.4 Å². The van der Waals surface area contributed by atoms with Crippen molar-refractivity contribution < 1.29 is 9.52 Å². The number of rotatable bonds is 5. The minimum atomic E-state index is -0.192. The molecule has 56 heavy (non-hydrogen) atoms. The number of hydrogen-bond acceptors (Lipinski definition) is 2. The van der Waals surface area contributed by atoms with Crippen LogP contribution in [0.2, 0.25) is 0 Å². The highest BCUT2D eigenvalue weighted by Crippen LogP contribution is 2.48. The van der Waals surface area contributed by atoms with Gasteiger partial charge in [0.25, 0.3) is 0 Å². The second-order valence-corrected chi connectivity index (χ2v) is 14.2. The van der Waals surface area contributed by atoms with Gasteiger partial charge in [0.05, 0.1) is 0 Å². The van der Waals surface area contributed by atoms with E-state index in [-0.39, 0.29) is 27.6 Å². The van der Waals surface area contributed by atoms with E-state index in [1.807, 2.05) is 54.6 Å². The zero-order valence-electron chi connectivity index (χ0n) is 30.3. The summed E-state index contributed by atoms with van der Waals surface area (Å²) in [5, 5.41) is 17.4. The van der Waals surface area contributed by atoms with Crippen molar-refractivity contribution in [1.29, 1.82) is 0 Å². The molecule has 0 aliphatic carbocycles. The van der Waals surface area contributed by atoms with Crippen molar-refractivity contribution in [2.75, 3.05) is 0 Å². The summed E-state index contributed by atoms with van der Waals surface area (Å²) in [5.41, 5.74) is 11.9. The Labute approximate surface area is 330 Å². The molecule has 0 unspecified atom stereocenters. The van der Waals surface area contributed by atoms with Crippen LogP contribution in [0.5, 0.6) is 5.75 Å². The molecule has 0 aliphatic rings. The molecule has 1 aromatic heterocycles. The summed E-state index contributed by atoms with van der Waals surface area (Å²) >= 11 is 0. The minimum absolute atomic E-state index is 0.00206. The van der Waals surface area contributed by atoms with E-state index >= 15 is 0 Å². The number of hydrogen-bond donors (Lipinski definition) is 1. The standard InChI is InChI=1S/C50H28B4O2/c51-46-45(50(55)49(54)48(53)47(46)52)43-35-21-8-6-19-33(35)41(34-20-7-9-22-36(34)43)29-15-12-16-30(27-29)42-37(25-26-40-44(42)38-23-10-11-24-39(38)56-40)32-18-5-4-17-31(32)28-13-2-1-3-14-28/h1-27,55H. The Balaban J connectivity index is 1.28. The average Bonchev–Trinajstić information content (AvgIpc) is 3.63. The molecule has 252 valence electrons. The van der Waals surface area contributed by atoms with Gasteiger partial charge in [0.15, 0.2) is 0 Å². The fraction of sp³-hybridized carbons (Fsp3) is 0. The average molecular weight is 704 g/mol. The van der Waals surface area contributed by atoms with E-state index < -0.39 is 0 Å². The molecule has 8 radical (unpaired) electrons. The Morgan fingerprint density at radius 1 is 0.339 bits per heavy atom. The molecule has 10 rings (SSSR count). The second kappa shape index (κ2) is 13.3. The van der Waals surface area contributed by atoms with Gasteiger partial charge in [-0.1, -0.05) is 150 Å². The maximum atomic E-state index is 11.5. The van der Waals surface area contributed by atoms with Crippen LogP contribution in [-0.2, 0) is 0 Å². The fourth-order valence-electron chi connectivity index (χ4n) is 8.54. The number of phenolic OH excluding ortho intramolecular Hbond substituents is 1. The van der Waals surface area contributed by atoms with Crippen LogP contribution in [-0.4, -0.2) is 36.5 Å². The molecule has 2 nitrogen and oxygen atoms in total. The second-order valence-electron chi connectivity index (χ2n) is 14.2. The first-order chi connectivity index (χ1) is 27.4. The number of furan rings is 1. The van der Waals surface area contributed by atoms with E-state index in [4.69, 9.17) is 35.8 Å². The van der Waals surface area contributed by atoms with E-state index in [2.05, 4.69) is 109 Å². The van der Waals surface area contributed by atoms with E-state index in [9.17, 15) is 5.11 Å². The predicted molar refractivity (Wildman–Crippen MR) is 239 cm³/mol. The first-order valence-electron chi connectivity index (χ1n) is 18.5. The van der Waals surface area contributed by atoms with Crippen LogP contribution >= 0.6 is 0 Å². The van der Waals surface area contributed by atoms with Crippen molar-refractivity contribution in [3.05, 3.63) is 164 Å². The molecule has 1 N–H and O–H groups in total. The fourth-order valence-corrected chi connectivity index (χ4v) is 8.54. The van der Waals surface area contributed by atoms with E-state index in [1.165, 1.54) is 0 Å². The molecule has 0 aliphatic heterocycles. The van der Waals surface area contributed by atoms with Gasteiger partial charge in [-0.2, -0.15) is 0 Å². The molecule has 0 amide bonds. The van der Waals surface area contributed by atoms with Crippen LogP contribution < -0.4 is 21.9 Å². The largest absolute Gasteiger partial charge is 0.508 e. The van der Waals surface area contributed by atoms with Gasteiger partial charge in [-0.3, -0.25) is 0 Å². The Bertz CT molecular complexity index is 3120. The first kappa shape index (κ1) is 33.9. The van der Waals surface area contributed by atoms with Crippen molar-refractivity contribution in [1.82, 2.24) is 0 Å². The summed E-state index contributed by atoms with van der Waals surface area (Å²) in [6.07, 6.45) is 0. The number of aromatic hydroxyl groups is 1. The Morgan fingerprint density at radius 2 is 0.857 bits per heavy atom. The van der Waals surface area contributed by atoms with Crippen LogP contribution in [0.1, 0.15) is 0 Å². The lowest BCUT2D eigenvalue weighted by Gasteiger charge is -2.23. The molecule has 1 heterocycles. The van der Waals surface area contributed by atoms with Crippen LogP contribution in [0.3, 0.4) is 0 Å². The molecule has 10 aromatic rings. The molecule has 0 bridgehead atoms. The van der Waals surface area contributed by atoms with Gasteiger partial charge in [-0.05, 0) is 84.8 Å². The van der Waals surface area contributed by atoms with Crippen molar-refractivity contribution >= 4 is 96.7 Å². The molecule has 0 fully saturated rings. The number of benzene rings is 9. The Hall–Kier alpha value is -6.64.